The minimum Gasteiger partial charge on any atom is -0.462 e. The van der Waals surface area contributed by atoms with E-state index >= 15 is 0 Å². The van der Waals surface area contributed by atoms with Crippen LogP contribution in [0, 0.1) is 0 Å². The van der Waals surface area contributed by atoms with Crippen molar-refractivity contribution in [1.29, 1.82) is 0 Å². The molecule has 15 heteroatoms. The first-order chi connectivity index (χ1) is 32.0. The van der Waals surface area contributed by atoms with Crippen LogP contribution in [0.3, 0.4) is 0 Å². The number of ether oxygens (including phenoxy) is 6. The third kappa shape index (κ3) is 25.1. The van der Waals surface area contributed by atoms with E-state index in [0.717, 1.165) is 51.4 Å². The molecule has 66 heavy (non-hydrogen) atoms. The number of rotatable bonds is 32. The van der Waals surface area contributed by atoms with Crippen molar-refractivity contribution < 1.29 is 73.8 Å². The number of allylic oxidation sites excluding steroid dienone is 20. The molecular formula is C51H76O15. The third-order valence-corrected chi connectivity index (χ3v) is 10.2. The summed E-state index contributed by atoms with van der Waals surface area (Å²) in [6, 6.07) is 0. The summed E-state index contributed by atoms with van der Waals surface area (Å²) < 4.78 is 33.4. The van der Waals surface area contributed by atoms with Crippen molar-refractivity contribution in [3.05, 3.63) is 122 Å². The number of carbonyl (C=O) groups is 2. The van der Waals surface area contributed by atoms with Gasteiger partial charge < -0.3 is 64.2 Å². The molecule has 0 spiro atoms. The summed E-state index contributed by atoms with van der Waals surface area (Å²) in [5, 5.41) is 71.9. The number of unbranched alkanes of at least 4 members (excludes halogenated alkanes) is 6. The van der Waals surface area contributed by atoms with Crippen molar-refractivity contribution in [2.75, 3.05) is 26.4 Å². The maximum absolute atomic E-state index is 12.9. The van der Waals surface area contributed by atoms with Crippen LogP contribution in [0.25, 0.3) is 0 Å². The number of hydrogen-bond donors (Lipinski definition) is 7. The maximum atomic E-state index is 12.9. The molecule has 0 aromatic carbocycles. The molecule has 2 rings (SSSR count). The molecule has 0 aromatic rings. The summed E-state index contributed by atoms with van der Waals surface area (Å²) in [7, 11) is 0. The van der Waals surface area contributed by atoms with Crippen molar-refractivity contribution in [1.82, 2.24) is 0 Å². The highest BCUT2D eigenvalue weighted by Crippen LogP contribution is 2.26. The van der Waals surface area contributed by atoms with E-state index in [-0.39, 0.29) is 19.4 Å². The van der Waals surface area contributed by atoms with E-state index in [0.29, 0.717) is 12.8 Å². The predicted octanol–water partition coefficient (Wildman–Crippen LogP) is 5.37. The lowest BCUT2D eigenvalue weighted by atomic mass is 9.98. The van der Waals surface area contributed by atoms with Crippen molar-refractivity contribution in [3.63, 3.8) is 0 Å². The molecule has 2 saturated heterocycles. The van der Waals surface area contributed by atoms with Crippen LogP contribution >= 0.6 is 0 Å². The van der Waals surface area contributed by atoms with Gasteiger partial charge >= 0.3 is 11.9 Å². The summed E-state index contributed by atoms with van der Waals surface area (Å²) in [4.78, 5) is 25.6. The van der Waals surface area contributed by atoms with Crippen molar-refractivity contribution in [3.8, 4) is 0 Å². The summed E-state index contributed by atoms with van der Waals surface area (Å²) in [6.07, 6.45) is 30.9. The van der Waals surface area contributed by atoms with Crippen molar-refractivity contribution in [2.45, 2.75) is 158 Å². The average molecular weight is 929 g/mol. The molecule has 5 unspecified atom stereocenters. The normalized spacial score (nSPS) is 27.3. The lowest BCUT2D eigenvalue weighted by Crippen LogP contribution is -2.61. The Morgan fingerprint density at radius 1 is 0.485 bits per heavy atom. The van der Waals surface area contributed by atoms with Crippen molar-refractivity contribution >= 4 is 11.9 Å². The van der Waals surface area contributed by atoms with Crippen LogP contribution in [0.2, 0.25) is 0 Å². The van der Waals surface area contributed by atoms with E-state index in [9.17, 15) is 45.3 Å². The monoisotopic (exact) mass is 929 g/mol. The second-order valence-electron chi connectivity index (χ2n) is 15.7. The lowest BCUT2D eigenvalue weighted by molar-refractivity contribution is -0.332. The topological polar surface area (TPSA) is 231 Å². The van der Waals surface area contributed by atoms with Crippen LogP contribution in [0.5, 0.6) is 0 Å². The number of hydrogen-bond acceptors (Lipinski definition) is 15. The average Bonchev–Trinajstić information content (AvgIpc) is 3.31. The molecule has 0 radical (unpaired) electrons. The summed E-state index contributed by atoms with van der Waals surface area (Å²) in [6.45, 7) is 2.15. The molecule has 0 saturated carbocycles. The number of esters is 2. The molecule has 0 bridgehead atoms. The van der Waals surface area contributed by atoms with E-state index in [1.165, 1.54) is 0 Å². The molecular weight excluding hydrogens is 853 g/mol. The van der Waals surface area contributed by atoms with Gasteiger partial charge in [-0.1, -0.05) is 148 Å². The first-order valence-electron chi connectivity index (χ1n) is 23.3. The SMILES string of the molecule is CC/C=C/C=C/C=C/C=C/C=C/C=C/CCCCCC(=O)OCC(CO[C@@H]1O[C@H](CO[C@@H]2O[C@H](CO)[C@H](O)C(O)C2O)[C@H](O)C(O)C1O)OC(=O)CCCCC/C=C/C=C/C=C/C=C/CC. The van der Waals surface area contributed by atoms with E-state index in [1.807, 2.05) is 97.2 Å². The van der Waals surface area contributed by atoms with Crippen LogP contribution < -0.4 is 0 Å². The van der Waals surface area contributed by atoms with E-state index in [2.05, 4.69) is 38.2 Å². The van der Waals surface area contributed by atoms with Gasteiger partial charge in [0.15, 0.2) is 18.7 Å². The van der Waals surface area contributed by atoms with E-state index in [4.69, 9.17) is 28.4 Å². The fourth-order valence-electron chi connectivity index (χ4n) is 6.37. The Bertz CT molecular complexity index is 1610. The van der Waals surface area contributed by atoms with Gasteiger partial charge in [-0.05, 0) is 51.4 Å². The molecule has 2 aliphatic heterocycles. The molecule has 370 valence electrons. The molecule has 7 N–H and O–H groups in total. The highest BCUT2D eigenvalue weighted by atomic mass is 16.7. The minimum absolute atomic E-state index is 0.0997. The molecule has 11 atom stereocenters. The Hall–Kier alpha value is -4.10. The Labute approximate surface area is 391 Å². The van der Waals surface area contributed by atoms with Gasteiger partial charge in [-0.2, -0.15) is 0 Å². The van der Waals surface area contributed by atoms with Gasteiger partial charge in [0.1, 0.15) is 55.4 Å². The molecule has 0 amide bonds. The molecule has 15 nitrogen and oxygen atoms in total. The third-order valence-electron chi connectivity index (χ3n) is 10.2. The van der Waals surface area contributed by atoms with Gasteiger partial charge in [0.2, 0.25) is 0 Å². The fraction of sp³-hybridized carbons (Fsp3) is 0.569. The first-order valence-corrected chi connectivity index (χ1v) is 23.3. The highest BCUT2D eigenvalue weighted by Gasteiger charge is 2.47. The van der Waals surface area contributed by atoms with Crippen molar-refractivity contribution in [2.24, 2.45) is 0 Å². The first kappa shape index (κ1) is 58.0. The summed E-state index contributed by atoms with van der Waals surface area (Å²) >= 11 is 0. The smallest absolute Gasteiger partial charge is 0.306 e. The zero-order chi connectivity index (χ0) is 48.2. The largest absolute Gasteiger partial charge is 0.462 e. The van der Waals surface area contributed by atoms with Crippen LogP contribution in [0.15, 0.2) is 122 Å². The molecule has 2 aliphatic rings. The van der Waals surface area contributed by atoms with Crippen LogP contribution in [0.1, 0.15) is 90.9 Å². The molecule has 0 aromatic heterocycles. The van der Waals surface area contributed by atoms with E-state index < -0.39 is 99.3 Å². The van der Waals surface area contributed by atoms with Crippen LogP contribution in [-0.2, 0) is 38.0 Å². The van der Waals surface area contributed by atoms with Gasteiger partial charge in [0.05, 0.1) is 19.8 Å². The Kier molecular flexibility index (Phi) is 32.5. The summed E-state index contributed by atoms with van der Waals surface area (Å²) in [5.74, 6) is -1.04. The maximum Gasteiger partial charge on any atom is 0.306 e. The fourth-order valence-corrected chi connectivity index (χ4v) is 6.37. The predicted molar refractivity (Wildman–Crippen MR) is 251 cm³/mol. The lowest BCUT2D eigenvalue weighted by Gasteiger charge is -2.42. The molecule has 2 heterocycles. The standard InChI is InChI=1S/C51H76O15/c1-3-5-7-9-11-13-15-17-18-19-20-22-23-25-27-29-31-33-42(53)61-36-39(64-43(54)34-32-30-28-26-24-21-16-14-12-10-8-6-4-2)37-62-50-49(60)47(58)45(56)41(66-50)38-63-51-48(59)46(57)44(55)40(35-52)65-51/h5-24,39-41,44-52,55-60H,3-4,25-38H2,1-2H3/b7-5+,8-6+,11-9+,12-10+,15-13+,16-14+,18-17+,20-19+,23-22+,24-21+/t39?,40-,41-,44+,45+,46?,47?,48?,49?,50-,51-/m1/s1. The zero-order valence-corrected chi connectivity index (χ0v) is 38.6. The second kappa shape index (κ2) is 37.0. The Morgan fingerprint density at radius 2 is 0.909 bits per heavy atom. The van der Waals surface area contributed by atoms with Crippen LogP contribution in [-0.4, -0.2) is 142 Å². The minimum atomic E-state index is -1.79. The quantitative estimate of drug-likeness (QED) is 0.0256. The number of aliphatic hydroxyl groups excluding tert-OH is 7. The highest BCUT2D eigenvalue weighted by molar-refractivity contribution is 5.70. The second-order valence-corrected chi connectivity index (χ2v) is 15.7. The summed E-state index contributed by atoms with van der Waals surface area (Å²) in [5.41, 5.74) is 0. The molecule has 2 fully saturated rings. The number of aliphatic hydroxyl groups is 7. The van der Waals surface area contributed by atoms with E-state index in [1.54, 1.807) is 0 Å². The Balaban J connectivity index is 1.89. The zero-order valence-electron chi connectivity index (χ0n) is 38.6. The van der Waals surface area contributed by atoms with Crippen LogP contribution in [0.4, 0.5) is 0 Å². The van der Waals surface area contributed by atoms with Gasteiger partial charge in [0.25, 0.3) is 0 Å². The van der Waals surface area contributed by atoms with Gasteiger partial charge in [-0.25, -0.2) is 0 Å². The van der Waals surface area contributed by atoms with Gasteiger partial charge in [-0.3, -0.25) is 9.59 Å². The van der Waals surface area contributed by atoms with Gasteiger partial charge in [-0.15, -0.1) is 0 Å². The molecule has 0 aliphatic carbocycles. The Morgan fingerprint density at radius 3 is 1.39 bits per heavy atom. The number of carbonyl (C=O) groups excluding carboxylic acids is 2. The van der Waals surface area contributed by atoms with Gasteiger partial charge in [0, 0.05) is 12.8 Å².